The highest BCUT2D eigenvalue weighted by molar-refractivity contribution is 9.11. The molecule has 0 bridgehead atoms. The Bertz CT molecular complexity index is 4440. The summed E-state index contributed by atoms with van der Waals surface area (Å²) in [6.07, 6.45) is -3.91. The molecule has 0 saturated heterocycles. The van der Waals surface area contributed by atoms with Crippen LogP contribution in [-0.4, -0.2) is 161 Å². The number of benzene rings is 6. The molecule has 15 rings (SSSR count). The van der Waals surface area contributed by atoms with Gasteiger partial charge in [-0.15, -0.1) is 0 Å². The standard InChI is InChI=1S/C26H24BrClN2O5.2C26H26BrClN2O4/c1-30(2)24(32)19-20(14-7-5-4-6-8-14)26(15-9-11-16(27)12-10-15)25(33,22(19)31)21-17(35-26)13-18(28)29-23(21)34-3;2*1-30(2)14-18-21(15-7-5-4-6-8-15)26(16-9-11-17(27)12-10-16)25(32,23(18)31)22-19(34-26)13-20(28)29-24(22)33-3/h4-13,19-20,22,31,33H,1-3H3;2*4-13,18,21,23,31-32H,14H2,1-3H3/t19-,20-,22-,25+,26+;2*18-,21-,23-,25+,26+/m111/s1. The molecule has 3 fully saturated rings. The Morgan fingerprint density at radius 1 is 0.437 bits per heavy atom. The first kappa shape index (κ1) is 74.3. The third-order valence-electron chi connectivity index (χ3n) is 21.1. The van der Waals surface area contributed by atoms with Crippen LogP contribution in [0.25, 0.3) is 0 Å². The Morgan fingerprint density at radius 2 is 0.709 bits per heavy atom. The number of carbonyl (C=O) groups is 1. The van der Waals surface area contributed by atoms with Crippen molar-refractivity contribution in [3.8, 4) is 34.9 Å². The first-order valence-electron chi connectivity index (χ1n) is 33.1. The van der Waals surface area contributed by atoms with Crippen LogP contribution in [0.15, 0.2) is 195 Å². The van der Waals surface area contributed by atoms with Crippen molar-refractivity contribution in [2.75, 3.05) is 76.7 Å². The Hall–Kier alpha value is -6.97. The molecule has 0 radical (unpaired) electrons. The second-order valence-corrected chi connectivity index (χ2v) is 31.3. The molecule has 0 unspecified atom stereocenters. The monoisotopic (exact) mass is 1650 g/mol. The highest BCUT2D eigenvalue weighted by atomic mass is 79.9. The average molecular weight is 1650 g/mol. The van der Waals surface area contributed by atoms with Crippen molar-refractivity contribution >= 4 is 88.5 Å². The van der Waals surface area contributed by atoms with Crippen molar-refractivity contribution in [1.82, 2.24) is 29.7 Å². The fourth-order valence-electron chi connectivity index (χ4n) is 17.4. The highest BCUT2D eigenvalue weighted by Gasteiger charge is 2.80. The van der Waals surface area contributed by atoms with Crippen LogP contribution < -0.4 is 28.4 Å². The number of amides is 1. The fraction of sp³-hybridized carbons (Fsp3) is 0.333. The molecular formula is C78H76Br3Cl3N6O13. The van der Waals surface area contributed by atoms with Crippen LogP contribution in [0.3, 0.4) is 0 Å². The van der Waals surface area contributed by atoms with E-state index in [2.05, 4.69) is 62.7 Å². The second kappa shape index (κ2) is 28.4. The fourth-order valence-corrected chi connectivity index (χ4v) is 18.8. The van der Waals surface area contributed by atoms with Crippen LogP contribution in [0.5, 0.6) is 34.9 Å². The van der Waals surface area contributed by atoms with E-state index in [9.17, 15) is 35.4 Å². The maximum atomic E-state index is 13.6. The summed E-state index contributed by atoms with van der Waals surface area (Å²) in [5, 5.41) is 74.2. The minimum Gasteiger partial charge on any atom is -0.481 e. The van der Waals surface area contributed by atoms with E-state index in [0.717, 1.165) is 41.2 Å². The number of carbonyl (C=O) groups excluding carboxylic acids is 1. The summed E-state index contributed by atoms with van der Waals surface area (Å²) in [7, 11) is 15.4. The molecule has 6 N–H and O–H groups in total. The first-order chi connectivity index (χ1) is 49.1. The summed E-state index contributed by atoms with van der Waals surface area (Å²) in [5.41, 5.74) is -4.57. The van der Waals surface area contributed by atoms with Crippen LogP contribution in [0, 0.1) is 17.8 Å². The molecule has 19 nitrogen and oxygen atoms in total. The molecule has 15 atom stereocenters. The predicted molar refractivity (Wildman–Crippen MR) is 400 cm³/mol. The third kappa shape index (κ3) is 11.5. The quantitative estimate of drug-likeness (QED) is 0.0555. The van der Waals surface area contributed by atoms with E-state index < -0.39 is 75.6 Å². The van der Waals surface area contributed by atoms with Gasteiger partial charge < -0.3 is 73.8 Å². The molecule has 25 heteroatoms. The zero-order valence-electron chi connectivity index (χ0n) is 57.4. The first-order valence-corrected chi connectivity index (χ1v) is 36.6. The maximum absolute atomic E-state index is 13.6. The number of methoxy groups -OCH3 is 3. The number of aliphatic hydroxyl groups excluding tert-OH is 3. The number of fused-ring (bicyclic) bond motifs is 9. The number of halogens is 6. The van der Waals surface area contributed by atoms with Gasteiger partial charge in [0.15, 0.2) is 33.6 Å². The van der Waals surface area contributed by atoms with Gasteiger partial charge in [-0.3, -0.25) is 4.79 Å². The van der Waals surface area contributed by atoms with Crippen molar-refractivity contribution in [2.24, 2.45) is 17.8 Å². The summed E-state index contributed by atoms with van der Waals surface area (Å²) < 4.78 is 39.4. The van der Waals surface area contributed by atoms with Gasteiger partial charge in [0.05, 0.1) is 56.1 Å². The van der Waals surface area contributed by atoms with Gasteiger partial charge in [-0.2, -0.15) is 0 Å². The van der Waals surface area contributed by atoms with Gasteiger partial charge in [0, 0.05) is 88.4 Å². The van der Waals surface area contributed by atoms with E-state index in [1.54, 1.807) is 26.2 Å². The number of aliphatic hydroxyl groups is 6. The molecule has 6 aromatic carbocycles. The Labute approximate surface area is 637 Å². The van der Waals surface area contributed by atoms with Crippen LogP contribution >= 0.6 is 82.6 Å². The molecule has 0 spiro atoms. The molecule has 538 valence electrons. The molecule has 3 aliphatic heterocycles. The van der Waals surface area contributed by atoms with Crippen molar-refractivity contribution < 1.29 is 63.9 Å². The lowest BCUT2D eigenvalue weighted by Gasteiger charge is -2.41. The predicted octanol–water partition coefficient (Wildman–Crippen LogP) is 12.5. The zero-order valence-corrected chi connectivity index (χ0v) is 64.4. The summed E-state index contributed by atoms with van der Waals surface area (Å²) in [6, 6.07) is 56.4. The topological polar surface area (TPSA) is 242 Å². The molecular weight excluding hydrogens is 1570 g/mol. The largest absolute Gasteiger partial charge is 0.481 e. The third-order valence-corrected chi connectivity index (χ3v) is 23.3. The molecule has 6 heterocycles. The van der Waals surface area contributed by atoms with Gasteiger partial charge in [-0.25, -0.2) is 15.0 Å². The van der Waals surface area contributed by atoms with E-state index >= 15 is 0 Å². The van der Waals surface area contributed by atoms with Gasteiger partial charge in [0.2, 0.25) is 23.5 Å². The Balaban J connectivity index is 0.000000138. The summed E-state index contributed by atoms with van der Waals surface area (Å²) in [4.78, 5) is 31.9. The van der Waals surface area contributed by atoms with E-state index in [0.29, 0.717) is 41.3 Å². The number of pyridine rings is 3. The lowest BCUT2D eigenvalue weighted by Crippen LogP contribution is -2.52. The number of nitrogens with zero attached hydrogens (tertiary/aromatic N) is 6. The van der Waals surface area contributed by atoms with Crippen molar-refractivity contribution in [3.05, 3.63) is 261 Å². The second-order valence-electron chi connectivity index (χ2n) is 27.4. The normalized spacial score (nSPS) is 29.3. The molecule has 3 aromatic heterocycles. The highest BCUT2D eigenvalue weighted by Crippen LogP contribution is 2.73. The van der Waals surface area contributed by atoms with Crippen molar-refractivity contribution in [2.45, 2.75) is 69.7 Å². The minimum atomic E-state index is -2.09. The van der Waals surface area contributed by atoms with Crippen molar-refractivity contribution in [1.29, 1.82) is 0 Å². The molecule has 3 aliphatic carbocycles. The number of aromatic nitrogens is 3. The van der Waals surface area contributed by atoms with E-state index in [1.165, 1.54) is 32.3 Å². The summed E-state index contributed by atoms with van der Waals surface area (Å²) in [6.45, 7) is 1.06. The number of hydrogen-bond acceptors (Lipinski definition) is 18. The van der Waals surface area contributed by atoms with E-state index in [-0.39, 0.29) is 62.2 Å². The Morgan fingerprint density at radius 3 is 0.981 bits per heavy atom. The van der Waals surface area contributed by atoms with Gasteiger partial charge >= 0.3 is 0 Å². The Kier molecular flexibility index (Phi) is 20.5. The molecule has 103 heavy (non-hydrogen) atoms. The number of rotatable bonds is 14. The smallest absolute Gasteiger partial charge is 0.228 e. The molecule has 9 aromatic rings. The lowest BCUT2D eigenvalue weighted by atomic mass is 9.70. The van der Waals surface area contributed by atoms with Crippen molar-refractivity contribution in [3.63, 3.8) is 0 Å². The molecule has 6 aliphatic rings. The molecule has 1 amide bonds. The van der Waals surface area contributed by atoms with Gasteiger partial charge in [-0.05, 0) is 98.0 Å². The SMILES string of the molecule is COc1nc(Cl)cc2c1[C@]1(O)[C@H](O)[C@H](C(=O)N(C)C)[C@@H](c3ccccc3)[C@]1(c1ccc(Br)cc1)O2.COc1nc(Cl)cc2c1[C@]1(O)[C@H](O)[C@H](CN(C)C)[C@@H](c3ccccc3)[C@]1(c1ccc(Br)cc1)O2.COc1nc(Cl)cc2c1[C@]1(O)[C@H](O)[C@H](CN(C)C)[C@@H](c3ccccc3)[C@]1(c1ccc(Br)cc1)O2. The van der Waals surface area contributed by atoms with E-state index in [4.69, 9.17) is 63.2 Å². The number of hydrogen-bond donors (Lipinski definition) is 6. The van der Waals surface area contributed by atoms with Crippen LogP contribution in [-0.2, 0) is 38.4 Å². The van der Waals surface area contributed by atoms with Crippen LogP contribution in [0.2, 0.25) is 15.5 Å². The van der Waals surface area contributed by atoms with Gasteiger partial charge in [0.25, 0.3) is 0 Å². The summed E-state index contributed by atoms with van der Waals surface area (Å²) in [5.74, 6) is -2.40. The zero-order chi connectivity index (χ0) is 73.6. The van der Waals surface area contributed by atoms with Crippen LogP contribution in [0.4, 0.5) is 0 Å². The average Bonchev–Trinajstić information content (AvgIpc) is 1.51. The lowest BCUT2D eigenvalue weighted by molar-refractivity contribution is -0.156. The molecule has 3 saturated carbocycles. The maximum Gasteiger partial charge on any atom is 0.228 e. The van der Waals surface area contributed by atoms with Gasteiger partial charge in [0.1, 0.15) is 38.8 Å². The summed E-state index contributed by atoms with van der Waals surface area (Å²) >= 11 is 29.3. The van der Waals surface area contributed by atoms with Crippen LogP contribution in [0.1, 0.15) is 67.8 Å². The minimum absolute atomic E-state index is 0.0257. The van der Waals surface area contributed by atoms with Gasteiger partial charge in [-0.1, -0.05) is 210 Å². The van der Waals surface area contributed by atoms with E-state index in [1.807, 2.05) is 202 Å². The number of ether oxygens (including phenoxy) is 6.